The number of ether oxygens (including phenoxy) is 1. The molecule has 8 nitrogen and oxygen atoms in total. The maximum absolute atomic E-state index is 12.3. The van der Waals surface area contributed by atoms with E-state index in [9.17, 15) is 4.79 Å². The molecule has 1 unspecified atom stereocenters. The number of aromatic nitrogens is 6. The van der Waals surface area contributed by atoms with Crippen molar-refractivity contribution in [2.24, 2.45) is 0 Å². The minimum absolute atomic E-state index is 0.0488. The van der Waals surface area contributed by atoms with Crippen LogP contribution in [0.3, 0.4) is 0 Å². The molecule has 6 aromatic rings. The Bertz CT molecular complexity index is 2270. The van der Waals surface area contributed by atoms with E-state index in [1.165, 1.54) is 17.2 Å². The Morgan fingerprint density at radius 1 is 0.811 bits per heavy atom. The smallest absolute Gasteiger partial charge is 0.330 e. The quantitative estimate of drug-likeness (QED) is 0.0682. The van der Waals surface area contributed by atoms with Crippen molar-refractivity contribution >= 4 is 17.6 Å². The zero-order valence-corrected chi connectivity index (χ0v) is 29.8. The largest absolute Gasteiger partial charge is 0.463 e. The molecule has 8 heteroatoms. The molecule has 2 bridgehead atoms. The zero-order chi connectivity index (χ0) is 36.2. The van der Waals surface area contributed by atoms with Crippen LogP contribution in [-0.2, 0) is 21.5 Å². The van der Waals surface area contributed by atoms with Crippen LogP contribution in [0.15, 0.2) is 157 Å². The number of fused-ring (bicyclic) bond motifs is 2. The van der Waals surface area contributed by atoms with Gasteiger partial charge >= 0.3 is 5.97 Å². The Labute approximate surface area is 309 Å². The summed E-state index contributed by atoms with van der Waals surface area (Å²) in [6.07, 6.45) is 14.7. The molecule has 0 saturated carbocycles. The van der Waals surface area contributed by atoms with Gasteiger partial charge in [0.05, 0.1) is 24.5 Å². The molecule has 2 heterocycles. The molecule has 262 valence electrons. The Balaban J connectivity index is 1.26. The average Bonchev–Trinajstić information content (AvgIpc) is 3.85. The van der Waals surface area contributed by atoms with Crippen molar-refractivity contribution in [1.82, 2.24) is 29.8 Å². The Morgan fingerprint density at radius 3 is 2.04 bits per heavy atom. The van der Waals surface area contributed by atoms with Crippen LogP contribution >= 0.6 is 0 Å². The summed E-state index contributed by atoms with van der Waals surface area (Å²) >= 11 is 0. The van der Waals surface area contributed by atoms with Gasteiger partial charge in [-0.05, 0) is 68.8 Å². The Morgan fingerprint density at radius 2 is 1.43 bits per heavy atom. The second-order valence-electron chi connectivity index (χ2n) is 13.2. The van der Waals surface area contributed by atoms with Gasteiger partial charge in [0.25, 0.3) is 0 Å². The molecule has 53 heavy (non-hydrogen) atoms. The predicted octanol–water partition coefficient (Wildman–Crippen LogP) is 8.80. The highest BCUT2D eigenvalue weighted by Gasteiger charge is 2.43. The fourth-order valence-corrected chi connectivity index (χ4v) is 7.69. The lowest BCUT2D eigenvalue weighted by Gasteiger charge is -2.38. The van der Waals surface area contributed by atoms with Crippen LogP contribution in [0.25, 0.3) is 23.0 Å². The second-order valence-corrected chi connectivity index (χ2v) is 13.2. The summed E-state index contributed by atoms with van der Waals surface area (Å²) in [7, 11) is 0. The van der Waals surface area contributed by atoms with E-state index < -0.39 is 5.54 Å². The highest BCUT2D eigenvalue weighted by molar-refractivity contribution is 5.94. The maximum atomic E-state index is 12.3. The third-order valence-corrected chi connectivity index (χ3v) is 10.1. The van der Waals surface area contributed by atoms with Gasteiger partial charge in [0.1, 0.15) is 11.4 Å². The second kappa shape index (κ2) is 14.7. The van der Waals surface area contributed by atoms with Gasteiger partial charge < -0.3 is 9.30 Å². The fourth-order valence-electron chi connectivity index (χ4n) is 7.69. The van der Waals surface area contributed by atoms with E-state index in [-0.39, 0.29) is 12.0 Å². The van der Waals surface area contributed by atoms with Crippen LogP contribution in [0.4, 0.5) is 0 Å². The molecular formula is C45H40N6O2. The topological polar surface area (TPSA) is 87.7 Å². The molecule has 2 aromatic heterocycles. The van der Waals surface area contributed by atoms with Crippen molar-refractivity contribution in [3.05, 3.63) is 191 Å². The standard InChI is InChI=1S/C45H40N6O2/c1-3-5-25-41-46-31-36(27-29-42(52)53-4-2)50(41)43-32-26-28-38(40(43)30-32)37-23-15-16-24-39(37)44-47-48-49-51(44)45(33-17-9-6-10-18-33,34-19-11-7-12-20-34)35-21-13-8-14-22-35/h6-24,26-31,43H,3-5,25H2,1-2H3/b29-27+. The molecule has 0 saturated heterocycles. The Kier molecular flexibility index (Phi) is 9.34. The summed E-state index contributed by atoms with van der Waals surface area (Å²) in [5, 5.41) is 14.0. The van der Waals surface area contributed by atoms with Crippen LogP contribution in [0, 0.1) is 0 Å². The minimum atomic E-state index is -0.882. The molecule has 0 aliphatic heterocycles. The molecule has 8 rings (SSSR count). The first-order chi connectivity index (χ1) is 26.1. The van der Waals surface area contributed by atoms with Crippen molar-refractivity contribution in [3.63, 3.8) is 0 Å². The van der Waals surface area contributed by atoms with Crippen LogP contribution in [0.5, 0.6) is 0 Å². The molecule has 1 atom stereocenters. The first kappa shape index (κ1) is 33.7. The molecular weight excluding hydrogens is 657 g/mol. The van der Waals surface area contributed by atoms with Crippen molar-refractivity contribution in [3.8, 4) is 11.4 Å². The van der Waals surface area contributed by atoms with Gasteiger partial charge in [-0.25, -0.2) is 14.5 Å². The number of rotatable bonds is 13. The lowest BCUT2D eigenvalue weighted by atomic mass is 9.73. The van der Waals surface area contributed by atoms with E-state index in [1.807, 2.05) is 48.1 Å². The van der Waals surface area contributed by atoms with Gasteiger partial charge in [-0.2, -0.15) is 0 Å². The lowest BCUT2D eigenvalue weighted by molar-refractivity contribution is -0.137. The first-order valence-corrected chi connectivity index (χ1v) is 18.2. The average molecular weight is 697 g/mol. The molecule has 0 fully saturated rings. The number of allylic oxidation sites excluding steroid dienone is 6. The van der Waals surface area contributed by atoms with Crippen molar-refractivity contribution in [2.45, 2.75) is 44.7 Å². The molecule has 2 aliphatic carbocycles. The van der Waals surface area contributed by atoms with Gasteiger partial charge in [0, 0.05) is 18.1 Å². The molecule has 2 aliphatic rings. The highest BCUT2D eigenvalue weighted by Crippen LogP contribution is 2.51. The molecule has 0 N–H and O–H groups in total. The number of carbonyl (C=O) groups is 1. The maximum Gasteiger partial charge on any atom is 0.330 e. The first-order valence-electron chi connectivity index (χ1n) is 18.2. The van der Waals surface area contributed by atoms with Crippen molar-refractivity contribution in [2.75, 3.05) is 6.61 Å². The minimum Gasteiger partial charge on any atom is -0.463 e. The van der Waals surface area contributed by atoms with Crippen molar-refractivity contribution in [1.29, 1.82) is 0 Å². The zero-order valence-electron chi connectivity index (χ0n) is 29.8. The third kappa shape index (κ3) is 5.96. The number of imidazole rings is 1. The van der Waals surface area contributed by atoms with E-state index in [1.54, 1.807) is 0 Å². The number of tetrazole rings is 1. The lowest BCUT2D eigenvalue weighted by Crippen LogP contribution is -2.39. The van der Waals surface area contributed by atoms with Crippen LogP contribution in [0.2, 0.25) is 0 Å². The number of hydrogen-bond acceptors (Lipinski definition) is 6. The van der Waals surface area contributed by atoms with Crippen LogP contribution in [-0.4, -0.2) is 42.3 Å². The molecule has 0 amide bonds. The number of esters is 1. The van der Waals surface area contributed by atoms with E-state index in [0.717, 1.165) is 64.2 Å². The number of hydrogen-bond donors (Lipinski definition) is 0. The normalized spacial score (nSPS) is 15.1. The van der Waals surface area contributed by atoms with E-state index in [4.69, 9.17) is 20.0 Å². The van der Waals surface area contributed by atoms with Crippen molar-refractivity contribution < 1.29 is 9.53 Å². The molecule has 0 spiro atoms. The number of unbranched alkanes of at least 4 members (excludes halogenated alkanes) is 1. The molecule has 0 radical (unpaired) electrons. The number of aryl methyl sites for hydroxylation is 1. The van der Waals surface area contributed by atoms with E-state index in [2.05, 4.69) is 126 Å². The summed E-state index contributed by atoms with van der Waals surface area (Å²) in [6, 6.07) is 39.7. The number of benzene rings is 4. The van der Waals surface area contributed by atoms with Crippen LogP contribution in [0.1, 0.15) is 66.5 Å². The van der Waals surface area contributed by atoms with Gasteiger partial charge in [0.15, 0.2) is 5.82 Å². The summed E-state index contributed by atoms with van der Waals surface area (Å²) < 4.78 is 9.45. The molecule has 4 aromatic carbocycles. The summed E-state index contributed by atoms with van der Waals surface area (Å²) in [4.78, 5) is 17.2. The van der Waals surface area contributed by atoms with E-state index in [0.29, 0.717) is 12.4 Å². The SMILES string of the molecule is CCCCc1ncc(/C=C/C(=O)OCC)n1C1c2ccc(-c3ccccc3-c3nnnn3C(c3ccccc3)(c3ccccc3)c3ccccc3)c1c2. The third-order valence-electron chi connectivity index (χ3n) is 10.1. The fraction of sp³-hybridized carbons (Fsp3) is 0.178. The highest BCUT2D eigenvalue weighted by atomic mass is 16.5. The summed E-state index contributed by atoms with van der Waals surface area (Å²) in [6.45, 7) is 4.32. The van der Waals surface area contributed by atoms with Gasteiger partial charge in [-0.1, -0.05) is 147 Å². The van der Waals surface area contributed by atoms with Gasteiger partial charge in [0.2, 0.25) is 0 Å². The summed E-state index contributed by atoms with van der Waals surface area (Å²) in [5.41, 5.74) is 8.51. The predicted molar refractivity (Wildman–Crippen MR) is 208 cm³/mol. The van der Waals surface area contributed by atoms with Gasteiger partial charge in [-0.15, -0.1) is 5.10 Å². The number of nitrogens with zero attached hydrogens (tertiary/aromatic N) is 6. The Hall–Kier alpha value is -6.41. The monoisotopic (exact) mass is 696 g/mol. The number of carbonyl (C=O) groups excluding carboxylic acids is 1. The van der Waals surface area contributed by atoms with Crippen LogP contribution < -0.4 is 0 Å². The van der Waals surface area contributed by atoms with Gasteiger partial charge in [-0.3, -0.25) is 0 Å². The summed E-state index contributed by atoms with van der Waals surface area (Å²) in [5.74, 6) is 1.27. The van der Waals surface area contributed by atoms with E-state index >= 15 is 0 Å².